The van der Waals surface area contributed by atoms with Crippen LogP contribution < -0.4 is 5.32 Å². The number of carbonyl (C=O) groups is 2. The molecule has 1 saturated heterocycles. The second-order valence-electron chi connectivity index (χ2n) is 7.87. The summed E-state index contributed by atoms with van der Waals surface area (Å²) >= 11 is 0. The fourth-order valence-electron chi connectivity index (χ4n) is 4.37. The minimum absolute atomic E-state index is 0.213. The molecule has 0 radical (unpaired) electrons. The maximum atomic E-state index is 12.2. The second kappa shape index (κ2) is 10.2. The van der Waals surface area contributed by atoms with E-state index in [4.69, 9.17) is 0 Å². The lowest BCUT2D eigenvalue weighted by Crippen LogP contribution is -2.55. The number of unbranched alkanes of at least 4 members (excludes halogenated alkanes) is 3. The molecule has 0 bridgehead atoms. The van der Waals surface area contributed by atoms with Gasteiger partial charge in [0.25, 0.3) is 0 Å². The number of carbonyl (C=O) groups excluding carboxylic acids is 2. The number of hydrogen-bond acceptors (Lipinski definition) is 3. The van der Waals surface area contributed by atoms with Gasteiger partial charge in [0.05, 0.1) is 0 Å². The van der Waals surface area contributed by atoms with Gasteiger partial charge in [-0.1, -0.05) is 32.1 Å². The third-order valence-electron chi connectivity index (χ3n) is 5.86. The van der Waals surface area contributed by atoms with Gasteiger partial charge in [-0.25, -0.2) is 0 Å². The molecule has 138 valence electrons. The molecular formula is C20H36N2O2. The van der Waals surface area contributed by atoms with Crippen molar-refractivity contribution in [2.75, 3.05) is 19.6 Å². The topological polar surface area (TPSA) is 49.4 Å². The van der Waals surface area contributed by atoms with Crippen molar-refractivity contribution in [2.45, 2.75) is 95.9 Å². The highest BCUT2D eigenvalue weighted by Gasteiger charge is 2.39. The van der Waals surface area contributed by atoms with E-state index in [-0.39, 0.29) is 17.2 Å². The summed E-state index contributed by atoms with van der Waals surface area (Å²) in [4.78, 5) is 25.7. The summed E-state index contributed by atoms with van der Waals surface area (Å²) in [6, 6.07) is 0. The molecule has 2 aliphatic rings. The van der Waals surface area contributed by atoms with Crippen LogP contribution in [0.2, 0.25) is 0 Å². The highest BCUT2D eigenvalue weighted by atomic mass is 16.1. The monoisotopic (exact) mass is 336 g/mol. The normalized spacial score (nSPS) is 20.9. The SMILES string of the molecule is CC(=O)CCCCCCC(=O)NCC1(N2CCCCC2)CCCC1. The Labute approximate surface area is 147 Å². The van der Waals surface area contributed by atoms with Crippen molar-refractivity contribution in [1.82, 2.24) is 10.2 Å². The molecule has 1 heterocycles. The number of hydrogen-bond donors (Lipinski definition) is 1. The summed E-state index contributed by atoms with van der Waals surface area (Å²) in [7, 11) is 0. The van der Waals surface area contributed by atoms with E-state index in [2.05, 4.69) is 10.2 Å². The zero-order valence-corrected chi connectivity index (χ0v) is 15.6. The van der Waals surface area contributed by atoms with Crippen LogP contribution in [0.1, 0.15) is 90.4 Å². The van der Waals surface area contributed by atoms with E-state index >= 15 is 0 Å². The van der Waals surface area contributed by atoms with Gasteiger partial charge in [0, 0.05) is 24.9 Å². The highest BCUT2D eigenvalue weighted by molar-refractivity contribution is 5.76. The van der Waals surface area contributed by atoms with Gasteiger partial charge in [-0.15, -0.1) is 0 Å². The first-order valence-corrected chi connectivity index (χ1v) is 10.1. The smallest absolute Gasteiger partial charge is 0.220 e. The molecule has 0 aromatic carbocycles. The summed E-state index contributed by atoms with van der Waals surface area (Å²) in [5.74, 6) is 0.483. The van der Waals surface area contributed by atoms with E-state index in [1.54, 1.807) is 6.92 Å². The Kier molecular flexibility index (Phi) is 8.23. The van der Waals surface area contributed by atoms with Crippen molar-refractivity contribution in [3.63, 3.8) is 0 Å². The number of ketones is 1. The molecule has 4 nitrogen and oxygen atoms in total. The molecule has 0 aromatic heterocycles. The Morgan fingerprint density at radius 2 is 1.50 bits per heavy atom. The molecule has 24 heavy (non-hydrogen) atoms. The number of rotatable bonds is 10. The average Bonchev–Trinajstić information content (AvgIpc) is 3.07. The third-order valence-corrected chi connectivity index (χ3v) is 5.86. The van der Waals surface area contributed by atoms with Crippen LogP contribution in [0.3, 0.4) is 0 Å². The van der Waals surface area contributed by atoms with Gasteiger partial charge < -0.3 is 10.1 Å². The number of amides is 1. The van der Waals surface area contributed by atoms with Crippen LogP contribution in [0.4, 0.5) is 0 Å². The van der Waals surface area contributed by atoms with Crippen molar-refractivity contribution < 1.29 is 9.59 Å². The van der Waals surface area contributed by atoms with Gasteiger partial charge >= 0.3 is 0 Å². The molecule has 0 unspecified atom stereocenters. The second-order valence-corrected chi connectivity index (χ2v) is 7.87. The first kappa shape index (κ1) is 19.4. The standard InChI is InChI=1S/C20H36N2O2/c1-18(23)11-5-2-3-6-12-19(24)21-17-20(13-7-8-14-20)22-15-9-4-10-16-22/h2-17H2,1H3,(H,21,24). The van der Waals surface area contributed by atoms with E-state index in [1.807, 2.05) is 0 Å². The van der Waals surface area contributed by atoms with E-state index < -0.39 is 0 Å². The van der Waals surface area contributed by atoms with Gasteiger partial charge in [0.2, 0.25) is 5.91 Å². The maximum Gasteiger partial charge on any atom is 0.220 e. The maximum absolute atomic E-state index is 12.2. The van der Waals surface area contributed by atoms with Crippen LogP contribution in [0, 0.1) is 0 Å². The minimum Gasteiger partial charge on any atom is -0.354 e. The van der Waals surface area contributed by atoms with Crippen LogP contribution in [-0.4, -0.2) is 41.8 Å². The molecular weight excluding hydrogens is 300 g/mol. The van der Waals surface area contributed by atoms with Crippen LogP contribution in [-0.2, 0) is 9.59 Å². The molecule has 0 atom stereocenters. The highest BCUT2D eigenvalue weighted by Crippen LogP contribution is 2.36. The summed E-state index contributed by atoms with van der Waals surface area (Å²) in [5, 5.41) is 3.24. The molecule has 1 N–H and O–H groups in total. The van der Waals surface area contributed by atoms with E-state index in [9.17, 15) is 9.59 Å². The molecule has 0 spiro atoms. The van der Waals surface area contributed by atoms with E-state index in [1.165, 1.54) is 58.0 Å². The average molecular weight is 337 g/mol. The molecule has 1 saturated carbocycles. The van der Waals surface area contributed by atoms with Crippen LogP contribution in [0.25, 0.3) is 0 Å². The number of likely N-dealkylation sites (tertiary alicyclic amines) is 1. The Bertz CT molecular complexity index is 396. The minimum atomic E-state index is 0.213. The number of nitrogens with one attached hydrogen (secondary N) is 1. The van der Waals surface area contributed by atoms with E-state index in [0.29, 0.717) is 12.8 Å². The lowest BCUT2D eigenvalue weighted by Gasteiger charge is -2.43. The summed E-state index contributed by atoms with van der Waals surface area (Å²) in [6.07, 6.45) is 14.5. The summed E-state index contributed by atoms with van der Waals surface area (Å²) in [6.45, 7) is 4.92. The number of nitrogens with zero attached hydrogens (tertiary/aromatic N) is 1. The van der Waals surface area contributed by atoms with Gasteiger partial charge in [0.15, 0.2) is 0 Å². The van der Waals surface area contributed by atoms with Crippen molar-refractivity contribution in [1.29, 1.82) is 0 Å². The predicted molar refractivity (Wildman–Crippen MR) is 98.0 cm³/mol. The van der Waals surface area contributed by atoms with Gasteiger partial charge in [-0.3, -0.25) is 9.69 Å². The molecule has 4 heteroatoms. The predicted octanol–water partition coefficient (Wildman–Crippen LogP) is 3.83. The Hall–Kier alpha value is -0.900. The van der Waals surface area contributed by atoms with Crippen LogP contribution >= 0.6 is 0 Å². The lowest BCUT2D eigenvalue weighted by molar-refractivity contribution is -0.122. The van der Waals surface area contributed by atoms with E-state index in [0.717, 1.165) is 32.2 Å². The van der Waals surface area contributed by atoms with Gasteiger partial charge in [-0.2, -0.15) is 0 Å². The van der Waals surface area contributed by atoms with Crippen molar-refractivity contribution in [3.05, 3.63) is 0 Å². The zero-order chi connectivity index (χ0) is 17.3. The summed E-state index contributed by atoms with van der Waals surface area (Å²) < 4.78 is 0. The largest absolute Gasteiger partial charge is 0.354 e. The van der Waals surface area contributed by atoms with Crippen LogP contribution in [0.5, 0.6) is 0 Å². The first-order chi connectivity index (χ1) is 11.6. The van der Waals surface area contributed by atoms with Gasteiger partial charge in [-0.05, 0) is 58.5 Å². The fraction of sp³-hybridized carbons (Fsp3) is 0.900. The first-order valence-electron chi connectivity index (χ1n) is 10.1. The molecule has 2 fully saturated rings. The zero-order valence-electron chi connectivity index (χ0n) is 15.6. The number of piperidine rings is 1. The van der Waals surface area contributed by atoms with Gasteiger partial charge in [0.1, 0.15) is 5.78 Å². The Morgan fingerprint density at radius 3 is 2.12 bits per heavy atom. The summed E-state index contributed by atoms with van der Waals surface area (Å²) in [5.41, 5.74) is 0.248. The fourth-order valence-corrected chi connectivity index (χ4v) is 4.37. The Balaban J connectivity index is 1.64. The molecule has 2 rings (SSSR count). The molecule has 1 aliphatic heterocycles. The lowest BCUT2D eigenvalue weighted by atomic mass is 9.92. The number of Topliss-reactive ketones (excluding diaryl/α,β-unsaturated/α-hetero) is 1. The molecule has 0 aromatic rings. The Morgan fingerprint density at radius 1 is 0.875 bits per heavy atom. The van der Waals surface area contributed by atoms with Crippen molar-refractivity contribution >= 4 is 11.7 Å². The molecule has 1 aliphatic carbocycles. The quantitative estimate of drug-likeness (QED) is 0.617. The third kappa shape index (κ3) is 6.19. The van der Waals surface area contributed by atoms with Crippen molar-refractivity contribution in [3.8, 4) is 0 Å². The van der Waals surface area contributed by atoms with Crippen molar-refractivity contribution in [2.24, 2.45) is 0 Å². The molecule has 1 amide bonds. The van der Waals surface area contributed by atoms with Crippen LogP contribution in [0.15, 0.2) is 0 Å².